The normalized spacial score (nSPS) is 15.5. The van der Waals surface area contributed by atoms with Crippen molar-refractivity contribution in [3.8, 4) is 0 Å². The molecule has 1 rings (SSSR count). The Morgan fingerprint density at radius 2 is 1.95 bits per heavy atom. The molecule has 1 aliphatic carbocycles. The molecule has 0 heterocycles. The van der Waals surface area contributed by atoms with Crippen molar-refractivity contribution in [3.63, 3.8) is 0 Å². The molecule has 0 bridgehead atoms. The molecule has 0 aromatic carbocycles. The third kappa shape index (κ3) is 7.73. The fourth-order valence-corrected chi connectivity index (χ4v) is 2.02. The maximum absolute atomic E-state index is 12.1. The number of nitrogens with zero attached hydrogens (tertiary/aromatic N) is 1. The van der Waals surface area contributed by atoms with Crippen LogP contribution < -0.4 is 5.32 Å². The van der Waals surface area contributed by atoms with E-state index in [9.17, 15) is 4.79 Å². The van der Waals surface area contributed by atoms with E-state index in [0.717, 1.165) is 44.8 Å². The van der Waals surface area contributed by atoms with Crippen molar-refractivity contribution in [2.45, 2.75) is 71.9 Å². The van der Waals surface area contributed by atoms with Gasteiger partial charge in [-0.05, 0) is 65.5 Å². The molecule has 0 aromatic rings. The number of hydrogen-bond acceptors (Lipinski definition) is 3. The van der Waals surface area contributed by atoms with Crippen molar-refractivity contribution in [2.24, 2.45) is 5.92 Å². The van der Waals surface area contributed by atoms with Crippen LogP contribution in [0.1, 0.15) is 60.3 Å². The van der Waals surface area contributed by atoms with Gasteiger partial charge < -0.3 is 15.0 Å². The predicted octanol–water partition coefficient (Wildman–Crippen LogP) is 3.41. The molecule has 1 N–H and O–H groups in total. The van der Waals surface area contributed by atoms with Crippen LogP contribution in [0, 0.1) is 5.92 Å². The minimum atomic E-state index is -0.403. The van der Waals surface area contributed by atoms with Gasteiger partial charge in [0.1, 0.15) is 5.60 Å². The van der Waals surface area contributed by atoms with Gasteiger partial charge >= 0.3 is 6.09 Å². The van der Waals surface area contributed by atoms with Crippen molar-refractivity contribution in [3.05, 3.63) is 0 Å². The number of hydrogen-bond donors (Lipinski definition) is 1. The van der Waals surface area contributed by atoms with E-state index in [0.29, 0.717) is 6.04 Å². The van der Waals surface area contributed by atoms with E-state index in [1.807, 2.05) is 25.7 Å². The van der Waals surface area contributed by atoms with Crippen molar-refractivity contribution in [1.82, 2.24) is 10.2 Å². The zero-order valence-corrected chi connectivity index (χ0v) is 13.9. The molecule has 1 saturated carbocycles. The first-order valence-electron chi connectivity index (χ1n) is 8.00. The Kier molecular flexibility index (Phi) is 6.80. The highest BCUT2D eigenvalue weighted by Crippen LogP contribution is 2.28. The summed E-state index contributed by atoms with van der Waals surface area (Å²) in [5, 5.41) is 3.44. The molecule has 118 valence electrons. The third-order valence-corrected chi connectivity index (χ3v) is 3.27. The van der Waals surface area contributed by atoms with Crippen LogP contribution >= 0.6 is 0 Å². The lowest BCUT2D eigenvalue weighted by atomic mass is 10.1. The van der Waals surface area contributed by atoms with Crippen LogP contribution in [-0.4, -0.2) is 42.3 Å². The van der Waals surface area contributed by atoms with Crippen molar-refractivity contribution in [2.75, 3.05) is 19.6 Å². The molecule has 4 nitrogen and oxygen atoms in total. The first-order valence-corrected chi connectivity index (χ1v) is 8.00. The highest BCUT2D eigenvalue weighted by atomic mass is 16.6. The van der Waals surface area contributed by atoms with E-state index in [1.165, 1.54) is 6.42 Å². The second-order valence-electron chi connectivity index (χ2n) is 7.19. The summed E-state index contributed by atoms with van der Waals surface area (Å²) in [7, 11) is 0. The van der Waals surface area contributed by atoms with Gasteiger partial charge in [0.05, 0.1) is 0 Å². The lowest BCUT2D eigenvalue weighted by molar-refractivity contribution is 0.0232. The van der Waals surface area contributed by atoms with Crippen molar-refractivity contribution < 1.29 is 9.53 Å². The molecular formula is C16H32N2O2. The average Bonchev–Trinajstić information content (AvgIpc) is 3.09. The highest BCUT2D eigenvalue weighted by molar-refractivity contribution is 5.69. The number of ether oxygens (including phenoxy) is 1. The largest absolute Gasteiger partial charge is 0.444 e. The zero-order valence-electron chi connectivity index (χ0n) is 13.9. The van der Waals surface area contributed by atoms with Crippen LogP contribution in [0.5, 0.6) is 0 Å². The van der Waals surface area contributed by atoms with Gasteiger partial charge in [0.25, 0.3) is 0 Å². The molecule has 4 heteroatoms. The van der Waals surface area contributed by atoms with Crippen LogP contribution in [0.3, 0.4) is 0 Å². The van der Waals surface area contributed by atoms with Crippen LogP contribution in [0.25, 0.3) is 0 Å². The first kappa shape index (κ1) is 17.3. The lowest BCUT2D eigenvalue weighted by Crippen LogP contribution is -2.39. The van der Waals surface area contributed by atoms with E-state index in [4.69, 9.17) is 4.74 Å². The second kappa shape index (κ2) is 7.87. The Bertz CT molecular complexity index is 293. The van der Waals surface area contributed by atoms with Crippen LogP contribution in [0.4, 0.5) is 4.79 Å². The smallest absolute Gasteiger partial charge is 0.410 e. The quantitative estimate of drug-likeness (QED) is 0.694. The van der Waals surface area contributed by atoms with E-state index in [-0.39, 0.29) is 6.09 Å². The fourth-order valence-electron chi connectivity index (χ4n) is 2.02. The molecule has 0 spiro atoms. The van der Waals surface area contributed by atoms with Crippen LogP contribution in [0.15, 0.2) is 0 Å². The Morgan fingerprint density at radius 3 is 2.45 bits per heavy atom. The van der Waals surface area contributed by atoms with E-state index in [2.05, 4.69) is 19.2 Å². The third-order valence-electron chi connectivity index (χ3n) is 3.27. The van der Waals surface area contributed by atoms with Gasteiger partial charge in [-0.2, -0.15) is 0 Å². The van der Waals surface area contributed by atoms with E-state index < -0.39 is 5.60 Å². The summed E-state index contributed by atoms with van der Waals surface area (Å²) >= 11 is 0. The number of nitrogens with one attached hydrogen (secondary N) is 1. The molecule has 0 saturated heterocycles. The lowest BCUT2D eigenvalue weighted by Gasteiger charge is -2.27. The van der Waals surface area contributed by atoms with Gasteiger partial charge in [0.2, 0.25) is 0 Å². The Hall–Kier alpha value is -0.770. The van der Waals surface area contributed by atoms with Crippen molar-refractivity contribution in [1.29, 1.82) is 0 Å². The molecule has 0 aromatic heterocycles. The van der Waals surface area contributed by atoms with Crippen molar-refractivity contribution >= 4 is 6.09 Å². The van der Waals surface area contributed by atoms with Gasteiger partial charge in [-0.25, -0.2) is 4.79 Å². The average molecular weight is 284 g/mol. The van der Waals surface area contributed by atoms with Gasteiger partial charge in [-0.15, -0.1) is 0 Å². The first-order chi connectivity index (χ1) is 9.29. The molecule has 0 aliphatic heterocycles. The molecule has 0 radical (unpaired) electrons. The summed E-state index contributed by atoms with van der Waals surface area (Å²) in [6, 6.07) is 0.417. The SMILES string of the molecule is CC(C)CCNCCCN(C(=O)OC(C)(C)C)C1CC1. The standard InChI is InChI=1S/C16H32N2O2/c1-13(2)9-11-17-10-6-12-18(14-7-8-14)15(19)20-16(3,4)5/h13-14,17H,6-12H2,1-5H3. The fraction of sp³-hybridized carbons (Fsp3) is 0.938. The molecule has 1 aliphatic rings. The number of carbonyl (C=O) groups is 1. The molecular weight excluding hydrogens is 252 g/mol. The minimum Gasteiger partial charge on any atom is -0.444 e. The Balaban J connectivity index is 2.21. The molecule has 0 unspecified atom stereocenters. The van der Waals surface area contributed by atoms with Gasteiger partial charge in [-0.1, -0.05) is 13.8 Å². The summed E-state index contributed by atoms with van der Waals surface area (Å²) in [6.45, 7) is 13.1. The summed E-state index contributed by atoms with van der Waals surface area (Å²) < 4.78 is 5.48. The van der Waals surface area contributed by atoms with E-state index >= 15 is 0 Å². The van der Waals surface area contributed by atoms with Gasteiger partial charge in [-0.3, -0.25) is 0 Å². The maximum Gasteiger partial charge on any atom is 0.410 e. The summed E-state index contributed by atoms with van der Waals surface area (Å²) in [6.07, 6.45) is 4.30. The molecule has 1 fully saturated rings. The minimum absolute atomic E-state index is 0.151. The number of rotatable bonds is 8. The summed E-state index contributed by atoms with van der Waals surface area (Å²) in [5.74, 6) is 0.743. The molecule has 1 amide bonds. The second-order valence-corrected chi connectivity index (χ2v) is 7.19. The van der Waals surface area contributed by atoms with Crippen LogP contribution in [0.2, 0.25) is 0 Å². The summed E-state index contributed by atoms with van der Waals surface area (Å²) in [5.41, 5.74) is -0.403. The number of amides is 1. The molecule has 20 heavy (non-hydrogen) atoms. The maximum atomic E-state index is 12.1. The topological polar surface area (TPSA) is 41.6 Å². The van der Waals surface area contributed by atoms with Crippen LogP contribution in [-0.2, 0) is 4.74 Å². The monoisotopic (exact) mass is 284 g/mol. The van der Waals surface area contributed by atoms with Gasteiger partial charge in [0, 0.05) is 12.6 Å². The number of carbonyl (C=O) groups excluding carboxylic acids is 1. The summed E-state index contributed by atoms with van der Waals surface area (Å²) in [4.78, 5) is 14.0. The zero-order chi connectivity index (χ0) is 15.2. The van der Waals surface area contributed by atoms with E-state index in [1.54, 1.807) is 0 Å². The highest BCUT2D eigenvalue weighted by Gasteiger charge is 2.34. The molecule has 0 atom stereocenters. The van der Waals surface area contributed by atoms with Gasteiger partial charge in [0.15, 0.2) is 0 Å². The Labute approximate surface area is 124 Å². The Morgan fingerprint density at radius 1 is 1.30 bits per heavy atom. The predicted molar refractivity (Wildman–Crippen MR) is 82.9 cm³/mol.